The molecule has 0 unspecified atom stereocenters. The number of aromatic nitrogens is 4. The van der Waals surface area contributed by atoms with E-state index in [0.29, 0.717) is 22.1 Å². The molecular weight excluding hydrogens is 390 g/mol. The number of nitrogens with one attached hydrogen (secondary N) is 1. The molecule has 7 nitrogen and oxygen atoms in total. The third kappa shape index (κ3) is 4.20. The van der Waals surface area contributed by atoms with Crippen LogP contribution in [0.3, 0.4) is 0 Å². The highest BCUT2D eigenvalue weighted by Crippen LogP contribution is 2.24. The van der Waals surface area contributed by atoms with Crippen LogP contribution in [-0.2, 0) is 4.79 Å². The van der Waals surface area contributed by atoms with Crippen LogP contribution in [0.4, 0.5) is 5.69 Å². The van der Waals surface area contributed by atoms with E-state index in [1.165, 1.54) is 0 Å². The third-order valence-electron chi connectivity index (χ3n) is 4.31. The molecule has 29 heavy (non-hydrogen) atoms. The summed E-state index contributed by atoms with van der Waals surface area (Å²) < 4.78 is 7.45. The van der Waals surface area contributed by atoms with Gasteiger partial charge in [-0.25, -0.2) is 0 Å². The zero-order valence-electron chi connectivity index (χ0n) is 15.8. The van der Waals surface area contributed by atoms with Gasteiger partial charge in [-0.05, 0) is 62.4 Å². The minimum Gasteiger partial charge on any atom is -0.478 e. The van der Waals surface area contributed by atoms with Gasteiger partial charge in [0.2, 0.25) is 0 Å². The lowest BCUT2D eigenvalue weighted by Crippen LogP contribution is -2.42. The predicted molar refractivity (Wildman–Crippen MR) is 111 cm³/mol. The second kappa shape index (κ2) is 7.52. The summed E-state index contributed by atoms with van der Waals surface area (Å²) in [4.78, 5) is 12.8. The fourth-order valence-corrected chi connectivity index (χ4v) is 2.89. The summed E-state index contributed by atoms with van der Waals surface area (Å²) in [6, 6.07) is 18.0. The van der Waals surface area contributed by atoms with Crippen molar-refractivity contribution in [2.75, 3.05) is 5.32 Å². The average molecular weight is 408 g/mol. The third-order valence-corrected chi connectivity index (χ3v) is 4.56. The number of hydrogen-bond donors (Lipinski definition) is 1. The maximum absolute atomic E-state index is 12.8. The van der Waals surface area contributed by atoms with E-state index in [2.05, 4.69) is 20.6 Å². The minimum atomic E-state index is -1.08. The second-order valence-corrected chi connectivity index (χ2v) is 7.39. The van der Waals surface area contributed by atoms with E-state index in [4.69, 9.17) is 16.3 Å². The first-order chi connectivity index (χ1) is 13.9. The summed E-state index contributed by atoms with van der Waals surface area (Å²) in [7, 11) is 0. The first-order valence-electron chi connectivity index (χ1n) is 8.94. The van der Waals surface area contributed by atoms with Gasteiger partial charge in [-0.1, -0.05) is 23.7 Å². The number of fused-ring (bicyclic) bond motifs is 1. The summed E-state index contributed by atoms with van der Waals surface area (Å²) in [5.41, 5.74) is 1.83. The van der Waals surface area contributed by atoms with Crippen LogP contribution < -0.4 is 10.1 Å². The Hall–Kier alpha value is -3.45. The molecule has 0 atom stereocenters. The van der Waals surface area contributed by atoms with Crippen molar-refractivity contribution in [3.05, 3.63) is 72.0 Å². The molecule has 0 spiro atoms. The van der Waals surface area contributed by atoms with E-state index in [0.717, 1.165) is 11.3 Å². The summed E-state index contributed by atoms with van der Waals surface area (Å²) in [6.07, 6.45) is 1.54. The first-order valence-corrected chi connectivity index (χ1v) is 9.32. The van der Waals surface area contributed by atoms with Crippen LogP contribution in [0.25, 0.3) is 16.9 Å². The van der Waals surface area contributed by atoms with E-state index >= 15 is 0 Å². The number of hydrogen-bond acceptors (Lipinski definition) is 5. The summed E-state index contributed by atoms with van der Waals surface area (Å²) in [5.74, 6) is 0.293. The predicted octanol–water partition coefficient (Wildman–Crippen LogP) is 4.24. The highest BCUT2D eigenvalue weighted by atomic mass is 35.5. The van der Waals surface area contributed by atoms with Crippen molar-refractivity contribution in [2.45, 2.75) is 19.4 Å². The van der Waals surface area contributed by atoms with Gasteiger partial charge in [-0.3, -0.25) is 4.79 Å². The smallest absolute Gasteiger partial charge is 0.267 e. The Kier molecular flexibility index (Phi) is 4.90. The molecule has 0 saturated carbocycles. The van der Waals surface area contributed by atoms with Gasteiger partial charge < -0.3 is 10.1 Å². The lowest BCUT2D eigenvalue weighted by Gasteiger charge is -2.25. The molecule has 0 fully saturated rings. The molecular formula is C21H18ClN5O2. The molecule has 2 aromatic carbocycles. The number of ether oxygens (including phenoxy) is 1. The number of carbonyl (C=O) groups is 1. The molecule has 1 amide bonds. The normalized spacial score (nSPS) is 11.4. The number of nitrogens with zero attached hydrogens (tertiary/aromatic N) is 4. The number of halogens is 1. The fraction of sp³-hybridized carbons (Fsp3) is 0.143. The van der Waals surface area contributed by atoms with E-state index < -0.39 is 5.60 Å². The maximum atomic E-state index is 12.8. The van der Waals surface area contributed by atoms with Gasteiger partial charge in [0.15, 0.2) is 11.2 Å². The number of benzene rings is 2. The largest absolute Gasteiger partial charge is 0.478 e. The quantitative estimate of drug-likeness (QED) is 0.535. The SMILES string of the molecule is CC(C)(Oc1ccc(Cl)cc1)C(=O)Nc1cccc(-c2ccc3nncn3n2)c1. The Balaban J connectivity index is 1.52. The summed E-state index contributed by atoms with van der Waals surface area (Å²) in [6.45, 7) is 3.42. The van der Waals surface area contributed by atoms with Gasteiger partial charge in [-0.15, -0.1) is 10.2 Å². The van der Waals surface area contributed by atoms with Crippen molar-refractivity contribution in [3.8, 4) is 17.0 Å². The Bertz CT molecular complexity index is 1170. The molecule has 0 aliphatic rings. The van der Waals surface area contributed by atoms with Gasteiger partial charge in [0.25, 0.3) is 5.91 Å². The van der Waals surface area contributed by atoms with Gasteiger partial charge >= 0.3 is 0 Å². The van der Waals surface area contributed by atoms with Gasteiger partial charge in [-0.2, -0.15) is 9.61 Å². The highest BCUT2D eigenvalue weighted by Gasteiger charge is 2.30. The topological polar surface area (TPSA) is 81.4 Å². The standard InChI is InChI=1S/C21H18ClN5O2/c1-21(2,29-17-8-6-15(22)7-9-17)20(28)24-16-5-3-4-14(12-16)18-10-11-19-25-23-13-27(19)26-18/h3-13H,1-2H3,(H,24,28). The van der Waals surface area contributed by atoms with Crippen molar-refractivity contribution >= 4 is 28.8 Å². The molecule has 0 bridgehead atoms. The van der Waals surface area contributed by atoms with Crippen LogP contribution >= 0.6 is 11.6 Å². The number of carbonyl (C=O) groups excluding carboxylic acids is 1. The molecule has 0 aliphatic carbocycles. The fourth-order valence-electron chi connectivity index (χ4n) is 2.76. The summed E-state index contributed by atoms with van der Waals surface area (Å²) in [5, 5.41) is 15.8. The molecule has 0 radical (unpaired) electrons. The second-order valence-electron chi connectivity index (χ2n) is 6.95. The van der Waals surface area contributed by atoms with Crippen molar-refractivity contribution in [1.29, 1.82) is 0 Å². The highest BCUT2D eigenvalue weighted by molar-refractivity contribution is 6.30. The molecule has 2 heterocycles. The lowest BCUT2D eigenvalue weighted by molar-refractivity contribution is -0.128. The molecule has 0 saturated heterocycles. The van der Waals surface area contributed by atoms with Crippen molar-refractivity contribution in [3.63, 3.8) is 0 Å². The Morgan fingerprint density at radius 1 is 1.10 bits per heavy atom. The summed E-state index contributed by atoms with van der Waals surface area (Å²) >= 11 is 5.90. The van der Waals surface area contributed by atoms with Crippen LogP contribution in [0.1, 0.15) is 13.8 Å². The average Bonchev–Trinajstić information content (AvgIpc) is 3.17. The van der Waals surface area contributed by atoms with Crippen LogP contribution in [-0.4, -0.2) is 31.3 Å². The molecule has 1 N–H and O–H groups in total. The van der Waals surface area contributed by atoms with Gasteiger partial charge in [0.05, 0.1) is 5.69 Å². The monoisotopic (exact) mass is 407 g/mol. The van der Waals surface area contributed by atoms with E-state index in [1.807, 2.05) is 36.4 Å². The van der Waals surface area contributed by atoms with Crippen LogP contribution in [0, 0.1) is 0 Å². The molecule has 0 aliphatic heterocycles. The van der Waals surface area contributed by atoms with Crippen LogP contribution in [0.2, 0.25) is 5.02 Å². The zero-order valence-corrected chi connectivity index (χ0v) is 16.6. The first kappa shape index (κ1) is 18.9. The van der Waals surface area contributed by atoms with Crippen molar-refractivity contribution < 1.29 is 9.53 Å². The molecule has 2 aromatic heterocycles. The van der Waals surface area contributed by atoms with E-state index in [-0.39, 0.29) is 5.91 Å². The van der Waals surface area contributed by atoms with Crippen LogP contribution in [0.15, 0.2) is 67.0 Å². The van der Waals surface area contributed by atoms with Crippen molar-refractivity contribution in [1.82, 2.24) is 19.8 Å². The zero-order chi connectivity index (χ0) is 20.4. The number of rotatable bonds is 5. The van der Waals surface area contributed by atoms with Crippen LogP contribution in [0.5, 0.6) is 5.75 Å². The molecule has 8 heteroatoms. The molecule has 4 aromatic rings. The van der Waals surface area contributed by atoms with E-state index in [1.54, 1.807) is 49.0 Å². The lowest BCUT2D eigenvalue weighted by atomic mass is 10.1. The number of anilines is 1. The Morgan fingerprint density at radius 3 is 2.69 bits per heavy atom. The number of amides is 1. The molecule has 146 valence electrons. The minimum absolute atomic E-state index is 0.271. The maximum Gasteiger partial charge on any atom is 0.267 e. The Morgan fingerprint density at radius 2 is 1.90 bits per heavy atom. The van der Waals surface area contributed by atoms with Gasteiger partial charge in [0, 0.05) is 16.3 Å². The Labute approximate surface area is 172 Å². The molecule has 4 rings (SSSR count). The van der Waals surface area contributed by atoms with E-state index in [9.17, 15) is 4.79 Å². The van der Waals surface area contributed by atoms with Crippen molar-refractivity contribution in [2.24, 2.45) is 0 Å². The van der Waals surface area contributed by atoms with Gasteiger partial charge in [0.1, 0.15) is 12.1 Å².